The zero-order valence-electron chi connectivity index (χ0n) is 19.0. The molecule has 2 fully saturated rings. The highest BCUT2D eigenvalue weighted by Gasteiger charge is 2.66. The Balaban J connectivity index is 1.72. The summed E-state index contributed by atoms with van der Waals surface area (Å²) in [6.45, 7) is 0.0158. The second kappa shape index (κ2) is 7.02. The van der Waals surface area contributed by atoms with Gasteiger partial charge >= 0.3 is 12.1 Å². The third kappa shape index (κ3) is 2.59. The summed E-state index contributed by atoms with van der Waals surface area (Å²) in [5.41, 5.74) is -0.604. The molecule has 0 bridgehead atoms. The summed E-state index contributed by atoms with van der Waals surface area (Å²) in [5.74, 6) is -4.88. The van der Waals surface area contributed by atoms with Gasteiger partial charge in [0.15, 0.2) is 11.5 Å². The van der Waals surface area contributed by atoms with Gasteiger partial charge in [-0.05, 0) is 36.1 Å². The molecule has 12 heteroatoms. The van der Waals surface area contributed by atoms with Crippen LogP contribution in [0.5, 0.6) is 11.5 Å². The summed E-state index contributed by atoms with van der Waals surface area (Å²) < 4.78 is 10.9. The largest absolute Gasteiger partial charge is 0.454 e. The van der Waals surface area contributed by atoms with Gasteiger partial charge in [0, 0.05) is 34.1 Å². The molecule has 0 N–H and O–H groups in total. The van der Waals surface area contributed by atoms with Crippen molar-refractivity contribution in [2.75, 3.05) is 35.0 Å². The fourth-order valence-electron chi connectivity index (χ4n) is 5.46. The van der Waals surface area contributed by atoms with Crippen molar-refractivity contribution in [3.05, 3.63) is 23.3 Å². The topological polar surface area (TPSA) is 134 Å². The Bertz CT molecular complexity index is 1160. The van der Waals surface area contributed by atoms with E-state index < -0.39 is 52.9 Å². The first-order chi connectivity index (χ1) is 16.0. The van der Waals surface area contributed by atoms with Crippen molar-refractivity contribution in [3.63, 3.8) is 0 Å². The fourth-order valence-corrected chi connectivity index (χ4v) is 5.46. The molecule has 178 valence electrons. The lowest BCUT2D eigenvalue weighted by Crippen LogP contribution is -2.70. The maximum atomic E-state index is 13.7. The van der Waals surface area contributed by atoms with E-state index in [9.17, 15) is 28.8 Å². The molecule has 4 aliphatic rings. The Morgan fingerprint density at radius 3 is 1.74 bits per heavy atom. The van der Waals surface area contributed by atoms with Crippen molar-refractivity contribution >= 4 is 35.7 Å². The second-order valence-electron chi connectivity index (χ2n) is 9.00. The third-order valence-corrected chi connectivity index (χ3v) is 7.35. The van der Waals surface area contributed by atoms with Crippen LogP contribution in [-0.2, 0) is 32.0 Å². The van der Waals surface area contributed by atoms with Gasteiger partial charge < -0.3 is 9.47 Å². The van der Waals surface area contributed by atoms with Gasteiger partial charge in [-0.3, -0.25) is 38.8 Å². The molecule has 3 aliphatic heterocycles. The normalized spacial score (nSPS) is 24.5. The van der Waals surface area contributed by atoms with Crippen LogP contribution < -0.4 is 9.47 Å². The third-order valence-electron chi connectivity index (χ3n) is 7.35. The van der Waals surface area contributed by atoms with Crippen LogP contribution in [-0.4, -0.2) is 90.3 Å². The molecule has 8 amide bonds. The van der Waals surface area contributed by atoms with Crippen molar-refractivity contribution in [2.45, 2.75) is 12.8 Å². The van der Waals surface area contributed by atoms with Crippen LogP contribution in [0.4, 0.5) is 9.59 Å². The van der Waals surface area contributed by atoms with E-state index >= 15 is 0 Å². The van der Waals surface area contributed by atoms with Gasteiger partial charge in [-0.25, -0.2) is 9.59 Å². The maximum Gasteiger partial charge on any atom is 0.332 e. The summed E-state index contributed by atoms with van der Waals surface area (Å²) in [6, 6.07) is 1.79. The number of benzene rings is 1. The van der Waals surface area contributed by atoms with Gasteiger partial charge in [0.05, 0.1) is 0 Å². The number of hydrogen-bond donors (Lipinski definition) is 0. The van der Waals surface area contributed by atoms with Crippen LogP contribution in [0.15, 0.2) is 12.1 Å². The molecule has 1 aliphatic carbocycles. The molecule has 2 saturated heterocycles. The van der Waals surface area contributed by atoms with Gasteiger partial charge in [0.2, 0.25) is 30.4 Å². The molecule has 34 heavy (non-hydrogen) atoms. The van der Waals surface area contributed by atoms with Crippen molar-refractivity contribution in [3.8, 4) is 11.5 Å². The Morgan fingerprint density at radius 1 is 0.735 bits per heavy atom. The predicted molar refractivity (Wildman–Crippen MR) is 111 cm³/mol. The van der Waals surface area contributed by atoms with Crippen LogP contribution in [0.25, 0.3) is 0 Å². The zero-order valence-corrected chi connectivity index (χ0v) is 19.0. The van der Waals surface area contributed by atoms with Crippen LogP contribution in [0.1, 0.15) is 11.1 Å². The lowest BCUT2D eigenvalue weighted by atomic mass is 9.57. The lowest BCUT2D eigenvalue weighted by molar-refractivity contribution is -0.168. The molecule has 0 saturated carbocycles. The van der Waals surface area contributed by atoms with Crippen molar-refractivity contribution in [1.82, 2.24) is 19.6 Å². The molecule has 5 rings (SSSR count). The summed E-state index contributed by atoms with van der Waals surface area (Å²) >= 11 is 0. The Labute approximate surface area is 193 Å². The second-order valence-corrected chi connectivity index (χ2v) is 9.00. The fraction of sp³-hybridized carbons (Fsp3) is 0.455. The summed E-state index contributed by atoms with van der Waals surface area (Å²) in [7, 11) is 5.00. The van der Waals surface area contributed by atoms with Gasteiger partial charge in [-0.2, -0.15) is 0 Å². The molecular formula is C22H22N4O8. The van der Waals surface area contributed by atoms with Crippen LogP contribution >= 0.6 is 0 Å². The van der Waals surface area contributed by atoms with E-state index in [0.717, 1.165) is 19.6 Å². The van der Waals surface area contributed by atoms with E-state index in [4.69, 9.17) is 9.47 Å². The van der Waals surface area contributed by atoms with E-state index in [1.165, 1.54) is 28.2 Å². The average molecular weight is 470 g/mol. The molecule has 1 aromatic carbocycles. The Kier molecular flexibility index (Phi) is 4.51. The van der Waals surface area contributed by atoms with Gasteiger partial charge in [-0.1, -0.05) is 0 Å². The monoisotopic (exact) mass is 470 g/mol. The molecule has 1 aromatic rings. The van der Waals surface area contributed by atoms with E-state index in [1.807, 2.05) is 0 Å². The predicted octanol–water partition coefficient (Wildman–Crippen LogP) is -0.166. The van der Waals surface area contributed by atoms with Gasteiger partial charge in [0.1, 0.15) is 11.3 Å². The molecule has 1 unspecified atom stereocenters. The number of rotatable bonds is 1. The number of ether oxygens (including phenoxy) is 2. The quantitative estimate of drug-likeness (QED) is 0.517. The van der Waals surface area contributed by atoms with Gasteiger partial charge in [-0.15, -0.1) is 0 Å². The summed E-state index contributed by atoms with van der Waals surface area (Å²) in [4.78, 5) is 82.0. The zero-order chi connectivity index (χ0) is 24.7. The molecule has 0 radical (unpaired) electrons. The molecule has 3 heterocycles. The van der Waals surface area contributed by atoms with Crippen LogP contribution in [0.3, 0.4) is 0 Å². The minimum Gasteiger partial charge on any atom is -0.454 e. The lowest BCUT2D eigenvalue weighted by Gasteiger charge is -2.51. The number of hydrogen-bond acceptors (Lipinski definition) is 8. The van der Waals surface area contributed by atoms with E-state index in [0.29, 0.717) is 22.6 Å². The average Bonchev–Trinajstić information content (AvgIpc) is 3.28. The first-order valence-corrected chi connectivity index (χ1v) is 10.6. The molecule has 1 spiro atoms. The van der Waals surface area contributed by atoms with E-state index in [2.05, 4.69) is 0 Å². The molecule has 12 nitrogen and oxygen atoms in total. The van der Waals surface area contributed by atoms with Crippen molar-refractivity contribution in [2.24, 2.45) is 17.3 Å². The highest BCUT2D eigenvalue weighted by Crippen LogP contribution is 2.51. The Morgan fingerprint density at radius 2 is 1.21 bits per heavy atom. The Hall–Kier alpha value is -3.96. The first kappa shape index (κ1) is 21.9. The van der Waals surface area contributed by atoms with Crippen LogP contribution in [0, 0.1) is 17.3 Å². The molecule has 1 atom stereocenters. The maximum absolute atomic E-state index is 13.7. The minimum absolute atomic E-state index is 0.00264. The highest BCUT2D eigenvalue weighted by molar-refractivity contribution is 6.21. The molecule has 0 aromatic heterocycles. The number of barbiturate groups is 2. The SMILES string of the molecule is CN1C(=O)C(C2Cc3cc4c(cc3CC23C(=O)N(C)C(=O)N(C)C3=O)OCO4)C(=O)N(C)C1=O. The summed E-state index contributed by atoms with van der Waals surface area (Å²) in [6.07, 6.45) is -0.154. The minimum atomic E-state index is -1.91. The molecular weight excluding hydrogens is 448 g/mol. The number of amides is 8. The van der Waals surface area contributed by atoms with Crippen LogP contribution in [0.2, 0.25) is 0 Å². The number of urea groups is 2. The smallest absolute Gasteiger partial charge is 0.332 e. The standard InChI is InChI=1S/C22H22N4O8/c1-23-16(27)15(17(28)24(2)20(23)31)12-5-10-6-13-14(34-9-33-13)7-11(10)8-22(12)18(29)25(3)21(32)26(4)19(22)30/h6-7,12,15H,5,8-9H2,1-4H3. The van der Waals surface area contributed by atoms with Gasteiger partial charge in [0.25, 0.3) is 0 Å². The highest BCUT2D eigenvalue weighted by atomic mass is 16.7. The van der Waals surface area contributed by atoms with E-state index in [1.54, 1.807) is 12.1 Å². The van der Waals surface area contributed by atoms with E-state index in [-0.39, 0.29) is 19.6 Å². The number of carbonyl (C=O) groups is 6. The number of carbonyl (C=O) groups excluding carboxylic acids is 6. The number of nitrogens with zero attached hydrogens (tertiary/aromatic N) is 4. The van der Waals surface area contributed by atoms with Crippen molar-refractivity contribution in [1.29, 1.82) is 0 Å². The number of fused-ring (bicyclic) bond motifs is 2. The van der Waals surface area contributed by atoms with Crippen molar-refractivity contribution < 1.29 is 38.2 Å². The number of imide groups is 4. The first-order valence-electron chi connectivity index (χ1n) is 10.6. The summed E-state index contributed by atoms with van der Waals surface area (Å²) in [5, 5.41) is 0.